The zero-order chi connectivity index (χ0) is 9.03. The molecule has 12 heavy (non-hydrogen) atoms. The Morgan fingerprint density at radius 2 is 2.17 bits per heavy atom. The van der Waals surface area contributed by atoms with Gasteiger partial charge in [0.05, 0.1) is 31.7 Å². The Hall–Kier alpha value is -0.170. The number of rotatable bonds is 3. The monoisotopic (exact) mass is 196 g/mol. The molecule has 1 saturated heterocycles. The van der Waals surface area contributed by atoms with E-state index in [9.17, 15) is 8.42 Å². The average molecular weight is 196 g/mol. The Morgan fingerprint density at radius 1 is 1.42 bits per heavy atom. The van der Waals surface area contributed by atoms with Crippen LogP contribution in [0.2, 0.25) is 0 Å². The summed E-state index contributed by atoms with van der Waals surface area (Å²) in [6.45, 7) is 1.47. The summed E-state index contributed by atoms with van der Waals surface area (Å²) in [6, 6.07) is 0. The molecule has 6 heteroatoms. The molecule has 72 valence electrons. The van der Waals surface area contributed by atoms with Crippen LogP contribution in [0.4, 0.5) is 0 Å². The molecule has 0 radical (unpaired) electrons. The highest BCUT2D eigenvalue weighted by Gasteiger charge is 2.16. The fourth-order valence-electron chi connectivity index (χ4n) is 0.984. The number of hydrogen-bond acceptors (Lipinski definition) is 4. The lowest BCUT2D eigenvalue weighted by Crippen LogP contribution is -2.30. The highest BCUT2D eigenvalue weighted by molar-refractivity contribution is 7.85. The molecule has 0 aliphatic carbocycles. The van der Waals surface area contributed by atoms with Crippen molar-refractivity contribution in [3.05, 3.63) is 0 Å². The smallest absolute Gasteiger partial charge is 0.264 e. The highest BCUT2D eigenvalue weighted by Crippen LogP contribution is 2.05. The van der Waals surface area contributed by atoms with Crippen molar-refractivity contribution < 1.29 is 22.4 Å². The number of ether oxygens (including phenoxy) is 2. The van der Waals surface area contributed by atoms with E-state index in [1.54, 1.807) is 0 Å². The molecule has 5 nitrogen and oxygen atoms in total. The van der Waals surface area contributed by atoms with E-state index in [2.05, 4.69) is 0 Å². The van der Waals surface area contributed by atoms with Crippen molar-refractivity contribution in [1.29, 1.82) is 0 Å². The second-order valence-corrected chi connectivity index (χ2v) is 4.21. The van der Waals surface area contributed by atoms with E-state index < -0.39 is 10.1 Å². The van der Waals surface area contributed by atoms with Gasteiger partial charge in [-0.25, -0.2) is 0 Å². The van der Waals surface area contributed by atoms with Crippen molar-refractivity contribution in [3.8, 4) is 0 Å². The first kappa shape index (κ1) is 9.91. The summed E-state index contributed by atoms with van der Waals surface area (Å²) < 4.78 is 39.3. The van der Waals surface area contributed by atoms with Crippen LogP contribution in [-0.2, 0) is 19.6 Å². The van der Waals surface area contributed by atoms with Crippen LogP contribution >= 0.6 is 0 Å². The standard InChI is InChI=1S/C6H12O5S/c7-12(8,9)4-1-6-5-10-2-3-11-6/h6H,1-5H2,(H,7,8,9)/t6-/m1/s1. The number of hydrogen-bond donors (Lipinski definition) is 1. The maximum absolute atomic E-state index is 10.3. The normalized spacial score (nSPS) is 25.6. The van der Waals surface area contributed by atoms with Gasteiger partial charge in [-0.2, -0.15) is 8.42 Å². The van der Waals surface area contributed by atoms with Crippen LogP contribution in [0.25, 0.3) is 0 Å². The Morgan fingerprint density at radius 3 is 2.67 bits per heavy atom. The third-order valence-corrected chi connectivity index (χ3v) is 2.33. The predicted octanol–water partition coefficient (Wildman–Crippen LogP) is -0.320. The van der Waals surface area contributed by atoms with Crippen molar-refractivity contribution in [2.45, 2.75) is 12.5 Å². The minimum absolute atomic E-state index is 0.194. The first-order valence-electron chi connectivity index (χ1n) is 3.72. The summed E-state index contributed by atoms with van der Waals surface area (Å²) in [6.07, 6.45) is 0.0967. The van der Waals surface area contributed by atoms with Gasteiger partial charge in [-0.05, 0) is 6.42 Å². The molecule has 1 heterocycles. The molecule has 0 amide bonds. The van der Waals surface area contributed by atoms with E-state index in [-0.39, 0.29) is 11.9 Å². The first-order chi connectivity index (χ1) is 5.58. The SMILES string of the molecule is O=S(=O)(O)CC[C@@H]1COCCO1. The molecule has 1 N–H and O–H groups in total. The van der Waals surface area contributed by atoms with Gasteiger partial charge in [-0.15, -0.1) is 0 Å². The molecule has 0 saturated carbocycles. The van der Waals surface area contributed by atoms with Gasteiger partial charge >= 0.3 is 0 Å². The van der Waals surface area contributed by atoms with E-state index in [1.165, 1.54) is 0 Å². The summed E-state index contributed by atoms with van der Waals surface area (Å²) >= 11 is 0. The van der Waals surface area contributed by atoms with Gasteiger partial charge in [-0.1, -0.05) is 0 Å². The van der Waals surface area contributed by atoms with Gasteiger partial charge in [0.2, 0.25) is 0 Å². The average Bonchev–Trinajstić information content (AvgIpc) is 2.02. The topological polar surface area (TPSA) is 72.8 Å². The minimum Gasteiger partial charge on any atom is -0.376 e. The molecule has 0 aromatic heterocycles. The minimum atomic E-state index is -3.86. The molecule has 1 aliphatic heterocycles. The zero-order valence-corrected chi connectivity index (χ0v) is 7.42. The van der Waals surface area contributed by atoms with Crippen molar-refractivity contribution >= 4 is 10.1 Å². The van der Waals surface area contributed by atoms with Gasteiger partial charge in [0.25, 0.3) is 10.1 Å². The van der Waals surface area contributed by atoms with E-state index >= 15 is 0 Å². The van der Waals surface area contributed by atoms with Crippen molar-refractivity contribution in [2.75, 3.05) is 25.6 Å². The molecule has 0 spiro atoms. The van der Waals surface area contributed by atoms with Gasteiger partial charge in [0.15, 0.2) is 0 Å². The summed E-state index contributed by atoms with van der Waals surface area (Å²) in [5.74, 6) is -0.263. The van der Waals surface area contributed by atoms with E-state index in [0.717, 1.165) is 0 Å². The molecule has 0 unspecified atom stereocenters. The van der Waals surface area contributed by atoms with Crippen LogP contribution in [0.15, 0.2) is 0 Å². The highest BCUT2D eigenvalue weighted by atomic mass is 32.2. The molecule has 1 aliphatic rings. The fourth-order valence-corrected chi connectivity index (χ4v) is 1.54. The Bertz CT molecular complexity index is 216. The zero-order valence-electron chi connectivity index (χ0n) is 6.60. The van der Waals surface area contributed by atoms with Crippen LogP contribution in [0.1, 0.15) is 6.42 Å². The summed E-state index contributed by atoms with van der Waals surface area (Å²) in [7, 11) is -3.86. The van der Waals surface area contributed by atoms with Gasteiger partial charge in [0.1, 0.15) is 0 Å². The van der Waals surface area contributed by atoms with Crippen LogP contribution in [0.3, 0.4) is 0 Å². The van der Waals surface area contributed by atoms with Crippen LogP contribution in [0.5, 0.6) is 0 Å². The molecular weight excluding hydrogens is 184 g/mol. The van der Waals surface area contributed by atoms with E-state index in [0.29, 0.717) is 26.2 Å². The maximum atomic E-state index is 10.3. The third-order valence-electron chi connectivity index (χ3n) is 1.58. The quantitative estimate of drug-likeness (QED) is 0.626. The Kier molecular flexibility index (Phi) is 3.45. The van der Waals surface area contributed by atoms with Crippen LogP contribution < -0.4 is 0 Å². The van der Waals surface area contributed by atoms with Crippen LogP contribution in [0, 0.1) is 0 Å². The summed E-state index contributed by atoms with van der Waals surface area (Å²) in [5, 5.41) is 0. The molecule has 0 aromatic rings. The van der Waals surface area contributed by atoms with E-state index in [4.69, 9.17) is 14.0 Å². The van der Waals surface area contributed by atoms with E-state index in [1.807, 2.05) is 0 Å². The van der Waals surface area contributed by atoms with Crippen molar-refractivity contribution in [1.82, 2.24) is 0 Å². The van der Waals surface area contributed by atoms with Gasteiger partial charge < -0.3 is 9.47 Å². The maximum Gasteiger partial charge on any atom is 0.264 e. The van der Waals surface area contributed by atoms with Crippen LogP contribution in [-0.4, -0.2) is 44.6 Å². The largest absolute Gasteiger partial charge is 0.376 e. The molecule has 1 rings (SSSR count). The Labute approximate surface area is 71.4 Å². The van der Waals surface area contributed by atoms with Gasteiger partial charge in [-0.3, -0.25) is 4.55 Å². The lowest BCUT2D eigenvalue weighted by molar-refractivity contribution is -0.0885. The predicted molar refractivity (Wildman–Crippen MR) is 41.6 cm³/mol. The third kappa shape index (κ3) is 4.01. The molecule has 0 bridgehead atoms. The van der Waals surface area contributed by atoms with Gasteiger partial charge in [0, 0.05) is 0 Å². The second-order valence-electron chi connectivity index (χ2n) is 2.64. The molecule has 0 aromatic carbocycles. The molecular formula is C6H12O5S. The lowest BCUT2D eigenvalue weighted by Gasteiger charge is -2.22. The molecule has 1 atom stereocenters. The summed E-state index contributed by atoms with van der Waals surface area (Å²) in [5.41, 5.74) is 0. The lowest BCUT2D eigenvalue weighted by atomic mass is 10.3. The fraction of sp³-hybridized carbons (Fsp3) is 1.00. The second kappa shape index (κ2) is 4.18. The van der Waals surface area contributed by atoms with Crippen molar-refractivity contribution in [2.24, 2.45) is 0 Å². The summed E-state index contributed by atoms with van der Waals surface area (Å²) in [4.78, 5) is 0. The van der Waals surface area contributed by atoms with Crippen molar-refractivity contribution in [3.63, 3.8) is 0 Å². The molecule has 1 fully saturated rings. The Balaban J connectivity index is 2.22. The first-order valence-corrected chi connectivity index (χ1v) is 5.33.